The Balaban J connectivity index is 2.72. The molecule has 0 saturated carbocycles. The molecule has 0 aromatic carbocycles. The molecule has 0 bridgehead atoms. The molecule has 0 unspecified atom stereocenters. The molecule has 4 nitrogen and oxygen atoms in total. The van der Waals surface area contributed by atoms with Crippen LogP contribution in [0, 0.1) is 5.82 Å². The van der Waals surface area contributed by atoms with Crippen LogP contribution in [0.3, 0.4) is 0 Å². The molecular formula is C11H14BrFN2O2. The number of halogens is 2. The van der Waals surface area contributed by atoms with Crippen molar-refractivity contribution < 1.29 is 13.9 Å². The van der Waals surface area contributed by atoms with Crippen molar-refractivity contribution in [1.29, 1.82) is 0 Å². The number of pyridine rings is 1. The molecular weight excluding hydrogens is 291 g/mol. The summed E-state index contributed by atoms with van der Waals surface area (Å²) in [5.41, 5.74) is 0.239. The van der Waals surface area contributed by atoms with Gasteiger partial charge in [-0.25, -0.2) is 9.37 Å². The molecule has 0 aliphatic rings. The summed E-state index contributed by atoms with van der Waals surface area (Å²) in [4.78, 5) is 17.4. The Morgan fingerprint density at radius 1 is 1.53 bits per heavy atom. The molecule has 1 amide bonds. The molecule has 0 radical (unpaired) electrons. The van der Waals surface area contributed by atoms with Crippen molar-refractivity contribution in [2.45, 2.75) is 0 Å². The number of hydrogen-bond acceptors (Lipinski definition) is 3. The van der Waals surface area contributed by atoms with Crippen LogP contribution in [0.15, 0.2) is 18.3 Å². The van der Waals surface area contributed by atoms with Gasteiger partial charge >= 0.3 is 0 Å². The van der Waals surface area contributed by atoms with Crippen LogP contribution in [-0.2, 0) is 4.74 Å². The fraction of sp³-hybridized carbons (Fsp3) is 0.455. The molecule has 0 aliphatic heterocycles. The van der Waals surface area contributed by atoms with Gasteiger partial charge in [-0.1, -0.05) is 15.9 Å². The van der Waals surface area contributed by atoms with Crippen LogP contribution in [0.5, 0.6) is 0 Å². The normalized spacial score (nSPS) is 10.3. The van der Waals surface area contributed by atoms with E-state index in [0.717, 1.165) is 6.20 Å². The highest BCUT2D eigenvalue weighted by atomic mass is 79.9. The quantitative estimate of drug-likeness (QED) is 0.751. The van der Waals surface area contributed by atoms with E-state index in [4.69, 9.17) is 4.74 Å². The van der Waals surface area contributed by atoms with Crippen LogP contribution >= 0.6 is 15.9 Å². The number of methoxy groups -OCH3 is 1. The average molecular weight is 305 g/mol. The Bertz CT molecular complexity index is 359. The van der Waals surface area contributed by atoms with Crippen LogP contribution < -0.4 is 0 Å². The lowest BCUT2D eigenvalue weighted by atomic mass is 10.3. The van der Waals surface area contributed by atoms with Crippen molar-refractivity contribution in [3.8, 4) is 0 Å². The molecule has 0 saturated heterocycles. The van der Waals surface area contributed by atoms with Gasteiger partial charge in [0, 0.05) is 25.5 Å². The Hall–Kier alpha value is -1.01. The molecule has 0 aliphatic carbocycles. The highest BCUT2D eigenvalue weighted by molar-refractivity contribution is 9.09. The lowest BCUT2D eigenvalue weighted by molar-refractivity contribution is 0.0703. The third-order valence-electron chi connectivity index (χ3n) is 2.15. The maximum Gasteiger partial charge on any atom is 0.272 e. The SMILES string of the molecule is COCCN(CCBr)C(=O)c1ccc(F)cn1. The van der Waals surface area contributed by atoms with Crippen LogP contribution in [0.25, 0.3) is 0 Å². The van der Waals surface area contributed by atoms with Crippen molar-refractivity contribution in [3.63, 3.8) is 0 Å². The van der Waals surface area contributed by atoms with Crippen LogP contribution in [0.4, 0.5) is 4.39 Å². The van der Waals surface area contributed by atoms with Crippen LogP contribution in [0.2, 0.25) is 0 Å². The van der Waals surface area contributed by atoms with Crippen LogP contribution in [0.1, 0.15) is 10.5 Å². The monoisotopic (exact) mass is 304 g/mol. The van der Waals surface area contributed by atoms with Crippen molar-refractivity contribution >= 4 is 21.8 Å². The lowest BCUT2D eigenvalue weighted by Gasteiger charge is -2.20. The minimum atomic E-state index is -0.453. The largest absolute Gasteiger partial charge is 0.383 e. The van der Waals surface area contributed by atoms with Gasteiger partial charge in [0.15, 0.2) is 0 Å². The predicted molar refractivity (Wildman–Crippen MR) is 65.8 cm³/mol. The minimum Gasteiger partial charge on any atom is -0.383 e. The summed E-state index contributed by atoms with van der Waals surface area (Å²) >= 11 is 3.28. The van der Waals surface area contributed by atoms with Gasteiger partial charge in [-0.2, -0.15) is 0 Å². The second-order valence-corrected chi connectivity index (χ2v) is 4.13. The fourth-order valence-corrected chi connectivity index (χ4v) is 1.71. The molecule has 1 heterocycles. The third-order valence-corrected chi connectivity index (χ3v) is 2.51. The fourth-order valence-electron chi connectivity index (χ4n) is 1.28. The molecule has 0 atom stereocenters. The maximum atomic E-state index is 12.7. The molecule has 0 fully saturated rings. The number of hydrogen-bond donors (Lipinski definition) is 0. The lowest BCUT2D eigenvalue weighted by Crippen LogP contribution is -2.35. The second kappa shape index (κ2) is 7.34. The molecule has 17 heavy (non-hydrogen) atoms. The summed E-state index contributed by atoms with van der Waals surface area (Å²) < 4.78 is 17.6. The van der Waals surface area contributed by atoms with Gasteiger partial charge in [-0.15, -0.1) is 0 Å². The van der Waals surface area contributed by atoms with Gasteiger partial charge in [-0.05, 0) is 12.1 Å². The first-order valence-electron chi connectivity index (χ1n) is 5.14. The van der Waals surface area contributed by atoms with Crippen molar-refractivity contribution in [2.24, 2.45) is 0 Å². The minimum absolute atomic E-state index is 0.221. The van der Waals surface area contributed by atoms with E-state index in [-0.39, 0.29) is 11.6 Å². The topological polar surface area (TPSA) is 42.4 Å². The molecule has 1 rings (SSSR count). The van der Waals surface area contributed by atoms with E-state index in [9.17, 15) is 9.18 Å². The van der Waals surface area contributed by atoms with E-state index in [1.165, 1.54) is 12.1 Å². The third kappa shape index (κ3) is 4.40. The van der Waals surface area contributed by atoms with E-state index in [1.807, 2.05) is 0 Å². The van der Waals surface area contributed by atoms with Gasteiger partial charge in [0.1, 0.15) is 11.5 Å². The number of aromatic nitrogens is 1. The average Bonchev–Trinajstić information content (AvgIpc) is 2.34. The summed E-state index contributed by atoms with van der Waals surface area (Å²) in [5.74, 6) is -0.674. The van der Waals surface area contributed by atoms with Crippen molar-refractivity contribution in [2.75, 3.05) is 32.1 Å². The highest BCUT2D eigenvalue weighted by Gasteiger charge is 2.15. The van der Waals surface area contributed by atoms with Crippen molar-refractivity contribution in [1.82, 2.24) is 9.88 Å². The summed E-state index contributed by atoms with van der Waals surface area (Å²) in [6, 6.07) is 2.61. The number of alkyl halides is 1. The summed E-state index contributed by atoms with van der Waals surface area (Å²) in [6.07, 6.45) is 1.04. The Morgan fingerprint density at radius 2 is 2.29 bits per heavy atom. The molecule has 1 aromatic rings. The summed E-state index contributed by atoms with van der Waals surface area (Å²) in [6.45, 7) is 1.50. The summed E-state index contributed by atoms with van der Waals surface area (Å²) in [7, 11) is 1.58. The summed E-state index contributed by atoms with van der Waals surface area (Å²) in [5, 5.41) is 0.670. The maximum absolute atomic E-state index is 12.7. The first kappa shape index (κ1) is 14.1. The first-order valence-corrected chi connectivity index (χ1v) is 6.27. The van der Waals surface area contributed by atoms with E-state index in [0.29, 0.717) is 25.0 Å². The number of carbonyl (C=O) groups excluding carboxylic acids is 1. The van der Waals surface area contributed by atoms with Gasteiger partial charge in [-0.3, -0.25) is 4.79 Å². The van der Waals surface area contributed by atoms with E-state index >= 15 is 0 Å². The highest BCUT2D eigenvalue weighted by Crippen LogP contribution is 2.04. The van der Waals surface area contributed by atoms with E-state index in [1.54, 1.807) is 12.0 Å². The van der Waals surface area contributed by atoms with Crippen molar-refractivity contribution in [3.05, 3.63) is 29.8 Å². The van der Waals surface area contributed by atoms with Gasteiger partial charge in [0.2, 0.25) is 0 Å². The number of amides is 1. The van der Waals surface area contributed by atoms with Gasteiger partial charge in [0.05, 0.1) is 12.8 Å². The molecule has 0 spiro atoms. The zero-order valence-corrected chi connectivity index (χ0v) is 11.1. The Morgan fingerprint density at radius 3 is 2.82 bits per heavy atom. The standard InChI is InChI=1S/C11H14BrFN2O2/c1-17-7-6-15(5-4-12)11(16)10-3-2-9(13)8-14-10/h2-3,8H,4-7H2,1H3. The predicted octanol–water partition coefficient (Wildman–Crippen LogP) is 1.70. The molecule has 94 valence electrons. The number of nitrogens with zero attached hydrogens (tertiary/aromatic N) is 2. The Labute approximate surface area is 108 Å². The van der Waals surface area contributed by atoms with E-state index in [2.05, 4.69) is 20.9 Å². The smallest absolute Gasteiger partial charge is 0.272 e. The van der Waals surface area contributed by atoms with Gasteiger partial charge in [0.25, 0.3) is 5.91 Å². The Kier molecular flexibility index (Phi) is 6.07. The number of carbonyl (C=O) groups is 1. The second-order valence-electron chi connectivity index (χ2n) is 3.34. The number of rotatable bonds is 6. The zero-order valence-electron chi connectivity index (χ0n) is 9.53. The van der Waals surface area contributed by atoms with Crippen LogP contribution in [-0.4, -0.2) is 47.9 Å². The molecule has 6 heteroatoms. The molecule has 1 aromatic heterocycles. The van der Waals surface area contributed by atoms with E-state index < -0.39 is 5.82 Å². The first-order chi connectivity index (χ1) is 8.19. The molecule has 0 N–H and O–H groups in total. The zero-order chi connectivity index (χ0) is 12.7. The van der Waals surface area contributed by atoms with Gasteiger partial charge < -0.3 is 9.64 Å². The number of ether oxygens (including phenoxy) is 1.